The molecule has 7 nitrogen and oxygen atoms in total. The minimum absolute atomic E-state index is 0.239. The number of rotatable bonds is 5. The number of carbonyl (C=O) groups excluding carboxylic acids is 1. The average molecular weight is 446 g/mol. The van der Waals surface area contributed by atoms with E-state index in [-0.39, 0.29) is 6.09 Å². The fourth-order valence-electron chi connectivity index (χ4n) is 3.38. The van der Waals surface area contributed by atoms with Crippen molar-refractivity contribution in [3.63, 3.8) is 0 Å². The number of hydrogen-bond acceptors (Lipinski definition) is 6. The van der Waals surface area contributed by atoms with Crippen LogP contribution in [0.1, 0.15) is 26.3 Å². The quantitative estimate of drug-likeness (QED) is 0.703. The molecule has 0 aliphatic carbocycles. The lowest BCUT2D eigenvalue weighted by Gasteiger charge is -2.35. The van der Waals surface area contributed by atoms with Crippen molar-refractivity contribution in [2.75, 3.05) is 39.0 Å². The Morgan fingerprint density at radius 2 is 1.68 bits per heavy atom. The molecule has 1 aliphatic rings. The molecule has 0 bridgehead atoms. The van der Waals surface area contributed by atoms with Crippen LogP contribution in [0.4, 0.5) is 4.79 Å². The van der Waals surface area contributed by atoms with Crippen LogP contribution in [0.3, 0.4) is 0 Å². The van der Waals surface area contributed by atoms with E-state index >= 15 is 0 Å². The van der Waals surface area contributed by atoms with Gasteiger partial charge in [-0.15, -0.1) is 0 Å². The first kappa shape index (κ1) is 23.2. The molecule has 1 fully saturated rings. The van der Waals surface area contributed by atoms with E-state index < -0.39 is 15.4 Å². The summed E-state index contributed by atoms with van der Waals surface area (Å²) in [6, 6.07) is 10.8. The van der Waals surface area contributed by atoms with Crippen LogP contribution in [0.2, 0.25) is 0 Å². The molecule has 0 N–H and O–H groups in total. The summed E-state index contributed by atoms with van der Waals surface area (Å²) in [5, 5.41) is 0. The Labute approximate surface area is 185 Å². The zero-order valence-electron chi connectivity index (χ0n) is 18.7. The van der Waals surface area contributed by atoms with Crippen molar-refractivity contribution in [3.8, 4) is 11.3 Å². The molecule has 0 saturated carbocycles. The molecule has 1 aromatic heterocycles. The van der Waals surface area contributed by atoms with Gasteiger partial charge in [0.25, 0.3) is 0 Å². The highest BCUT2D eigenvalue weighted by molar-refractivity contribution is 7.90. The Balaban J connectivity index is 1.48. The maximum Gasteiger partial charge on any atom is 0.410 e. The fourth-order valence-corrected chi connectivity index (χ4v) is 4.01. The fraction of sp³-hybridized carbons (Fsp3) is 0.478. The van der Waals surface area contributed by atoms with Crippen molar-refractivity contribution in [2.45, 2.75) is 37.7 Å². The molecule has 1 aromatic carbocycles. The smallest absolute Gasteiger partial charge is 0.410 e. The Hall–Kier alpha value is -2.45. The second kappa shape index (κ2) is 9.36. The lowest BCUT2D eigenvalue weighted by atomic mass is 10.1. The third-order valence-electron chi connectivity index (χ3n) is 5.14. The average Bonchev–Trinajstić information content (AvgIpc) is 2.71. The molecule has 1 aliphatic heterocycles. The highest BCUT2D eigenvalue weighted by atomic mass is 32.2. The summed E-state index contributed by atoms with van der Waals surface area (Å²) in [4.78, 5) is 21.1. The number of nitrogens with zero attached hydrogens (tertiary/aromatic N) is 3. The van der Waals surface area contributed by atoms with Crippen molar-refractivity contribution in [1.82, 2.24) is 14.8 Å². The van der Waals surface area contributed by atoms with E-state index in [1.807, 2.05) is 33.0 Å². The van der Waals surface area contributed by atoms with Crippen LogP contribution in [-0.4, -0.2) is 73.9 Å². The zero-order chi connectivity index (χ0) is 22.6. The third kappa shape index (κ3) is 6.77. The molecular weight excluding hydrogens is 414 g/mol. The maximum absolute atomic E-state index is 12.2. The molecule has 8 heteroatoms. The number of amides is 1. The van der Waals surface area contributed by atoms with Gasteiger partial charge in [0, 0.05) is 50.7 Å². The summed E-state index contributed by atoms with van der Waals surface area (Å²) in [6.07, 6.45) is 3.71. The highest BCUT2D eigenvalue weighted by Crippen LogP contribution is 2.20. The number of piperazine rings is 1. The predicted molar refractivity (Wildman–Crippen MR) is 121 cm³/mol. The van der Waals surface area contributed by atoms with Gasteiger partial charge in [-0.05, 0) is 51.0 Å². The van der Waals surface area contributed by atoms with Gasteiger partial charge in [0.2, 0.25) is 0 Å². The van der Waals surface area contributed by atoms with Crippen molar-refractivity contribution in [1.29, 1.82) is 0 Å². The van der Waals surface area contributed by atoms with Gasteiger partial charge in [-0.1, -0.05) is 18.2 Å². The Morgan fingerprint density at radius 3 is 2.19 bits per heavy atom. The minimum Gasteiger partial charge on any atom is -0.444 e. The van der Waals surface area contributed by atoms with E-state index in [4.69, 9.17) is 4.74 Å². The summed E-state index contributed by atoms with van der Waals surface area (Å²) in [5.74, 6) is 0. The number of carbonyl (C=O) groups is 1. The number of aromatic nitrogens is 1. The van der Waals surface area contributed by atoms with Crippen LogP contribution < -0.4 is 0 Å². The minimum atomic E-state index is -3.20. The monoisotopic (exact) mass is 445 g/mol. The largest absolute Gasteiger partial charge is 0.444 e. The van der Waals surface area contributed by atoms with E-state index in [0.29, 0.717) is 18.0 Å². The molecule has 2 heterocycles. The summed E-state index contributed by atoms with van der Waals surface area (Å²) in [7, 11) is -3.20. The van der Waals surface area contributed by atoms with Gasteiger partial charge in [-0.2, -0.15) is 0 Å². The van der Waals surface area contributed by atoms with Gasteiger partial charge < -0.3 is 9.64 Å². The first-order valence-electron chi connectivity index (χ1n) is 10.5. The van der Waals surface area contributed by atoms with Gasteiger partial charge in [-0.3, -0.25) is 9.88 Å². The summed E-state index contributed by atoms with van der Waals surface area (Å²) >= 11 is 0. The molecule has 0 atom stereocenters. The lowest BCUT2D eigenvalue weighted by Crippen LogP contribution is -2.50. The molecule has 168 valence electrons. The summed E-state index contributed by atoms with van der Waals surface area (Å²) in [6.45, 7) is 9.56. The standard InChI is InChI=1S/C23H31N3O4S/c1-23(2,3)30-22(27)26-15-13-25(14-16-26)12-11-18-5-10-21(24-17-18)19-6-8-20(9-7-19)31(4,28)29/h5-10,17H,11-16H2,1-4H3. The lowest BCUT2D eigenvalue weighted by molar-refractivity contribution is 0.0146. The molecule has 0 spiro atoms. The first-order valence-corrected chi connectivity index (χ1v) is 12.4. The van der Waals surface area contributed by atoms with Crippen LogP contribution in [0.15, 0.2) is 47.5 Å². The Bertz CT molecular complexity index is 989. The van der Waals surface area contributed by atoms with Crippen molar-refractivity contribution in [2.24, 2.45) is 0 Å². The molecule has 31 heavy (non-hydrogen) atoms. The van der Waals surface area contributed by atoms with Gasteiger partial charge in [-0.25, -0.2) is 13.2 Å². The second-order valence-electron chi connectivity index (χ2n) is 8.91. The second-order valence-corrected chi connectivity index (χ2v) is 10.9. The first-order chi connectivity index (χ1) is 14.5. The van der Waals surface area contributed by atoms with E-state index in [2.05, 4.69) is 16.0 Å². The SMILES string of the molecule is CC(C)(C)OC(=O)N1CCN(CCc2ccc(-c3ccc(S(C)(=O)=O)cc3)nc2)CC1. The number of hydrogen-bond donors (Lipinski definition) is 0. The Kier molecular flexibility index (Phi) is 7.01. The van der Waals surface area contributed by atoms with Crippen LogP contribution >= 0.6 is 0 Å². The van der Waals surface area contributed by atoms with Gasteiger partial charge in [0.15, 0.2) is 9.84 Å². The molecular formula is C23H31N3O4S. The molecule has 2 aromatic rings. The van der Waals surface area contributed by atoms with Crippen LogP contribution in [-0.2, 0) is 21.0 Å². The van der Waals surface area contributed by atoms with E-state index in [1.165, 1.54) is 6.26 Å². The summed E-state index contributed by atoms with van der Waals surface area (Å²) in [5.41, 5.74) is 2.38. The third-order valence-corrected chi connectivity index (χ3v) is 6.27. The molecule has 3 rings (SSSR count). The number of sulfone groups is 1. The van der Waals surface area contributed by atoms with Gasteiger partial charge >= 0.3 is 6.09 Å². The summed E-state index contributed by atoms with van der Waals surface area (Å²) < 4.78 is 28.6. The van der Waals surface area contributed by atoms with E-state index in [0.717, 1.165) is 42.9 Å². The zero-order valence-corrected chi connectivity index (χ0v) is 19.5. The normalized spacial score (nSPS) is 15.7. The predicted octanol–water partition coefficient (Wildman–Crippen LogP) is 3.25. The van der Waals surface area contributed by atoms with Crippen molar-refractivity contribution < 1.29 is 17.9 Å². The van der Waals surface area contributed by atoms with Crippen LogP contribution in [0.25, 0.3) is 11.3 Å². The number of ether oxygens (including phenoxy) is 1. The topological polar surface area (TPSA) is 79.8 Å². The van der Waals surface area contributed by atoms with Crippen molar-refractivity contribution in [3.05, 3.63) is 48.2 Å². The molecule has 0 unspecified atom stereocenters. The molecule has 0 radical (unpaired) electrons. The van der Waals surface area contributed by atoms with Crippen LogP contribution in [0.5, 0.6) is 0 Å². The highest BCUT2D eigenvalue weighted by Gasteiger charge is 2.25. The van der Waals surface area contributed by atoms with E-state index in [9.17, 15) is 13.2 Å². The van der Waals surface area contributed by atoms with E-state index in [1.54, 1.807) is 29.2 Å². The van der Waals surface area contributed by atoms with Gasteiger partial charge in [0.1, 0.15) is 5.60 Å². The number of benzene rings is 1. The molecule has 1 amide bonds. The number of pyridine rings is 1. The molecule has 1 saturated heterocycles. The van der Waals surface area contributed by atoms with Crippen molar-refractivity contribution >= 4 is 15.9 Å². The Morgan fingerprint density at radius 1 is 1.03 bits per heavy atom. The van der Waals surface area contributed by atoms with Crippen LogP contribution in [0, 0.1) is 0 Å². The maximum atomic E-state index is 12.2. The van der Waals surface area contributed by atoms with Gasteiger partial charge in [0.05, 0.1) is 10.6 Å².